The molecule has 0 aromatic rings. The minimum atomic E-state index is 0. The van der Waals surface area contributed by atoms with Gasteiger partial charge in [0.2, 0.25) is 0 Å². The Hall–Kier alpha value is 1.77. The molecule has 0 N–H and O–H groups in total. The van der Waals surface area contributed by atoms with Gasteiger partial charge in [0.25, 0.3) is 0 Å². The fourth-order valence-corrected chi connectivity index (χ4v) is 5.16. The number of hydrogen-bond acceptors (Lipinski definition) is 0. The minimum Gasteiger partial charge on any atom is 0.316 e. The van der Waals surface area contributed by atoms with Crippen molar-refractivity contribution in [3.8, 4) is 0 Å². The summed E-state index contributed by atoms with van der Waals surface area (Å²) in [6, 6.07) is 0. The van der Waals surface area contributed by atoms with Gasteiger partial charge in [-0.25, -0.2) is 0 Å². The van der Waals surface area contributed by atoms with Crippen LogP contribution in [0.1, 0.15) is 59.3 Å². The Balaban J connectivity index is -0.000000720. The van der Waals surface area contributed by atoms with Crippen LogP contribution in [-0.2, 0) is 13.9 Å². The summed E-state index contributed by atoms with van der Waals surface area (Å²) in [6.07, 6.45) is 8.65. The van der Waals surface area contributed by atoms with E-state index in [2.05, 4.69) is 20.8 Å². The Labute approximate surface area is 128 Å². The zero-order valence-corrected chi connectivity index (χ0v) is 13.0. The number of hydrogen-bond donors (Lipinski definition) is 0. The molecular formula is C12H30BrMgMn. The average molecular weight is 334 g/mol. The van der Waals surface area contributed by atoms with Crippen LogP contribution in [0, 0.1) is 0 Å². The maximum Gasteiger partial charge on any atom is 0.316 e. The molecule has 0 aromatic carbocycles. The number of halogens is 1. The summed E-state index contributed by atoms with van der Waals surface area (Å²) >= 11 is 0.0453. The van der Waals surface area contributed by atoms with E-state index in [1.807, 2.05) is 0 Å². The molecule has 3 heteroatoms. The van der Waals surface area contributed by atoms with E-state index in [0.29, 0.717) is 0 Å². The van der Waals surface area contributed by atoms with Crippen molar-refractivity contribution in [2.24, 2.45) is 0 Å². The standard InChI is InChI=1S/3C4H9.BrH.Mg.Mn.2H/c3*1-3-4-2;;;;;/h3*1,3-4H2,2H3;1H;;;;. The van der Waals surface area contributed by atoms with Crippen LogP contribution < -0.4 is 0 Å². The molecule has 15 heavy (non-hydrogen) atoms. The zero-order valence-electron chi connectivity index (χ0n) is 10.2. The predicted octanol–water partition coefficient (Wildman–Crippen LogP) is 4.92. The molecule has 0 bridgehead atoms. The zero-order chi connectivity index (χ0) is 9.94. The monoisotopic (exact) mass is 332 g/mol. The van der Waals surface area contributed by atoms with Gasteiger partial charge in [-0.3, -0.25) is 0 Å². The van der Waals surface area contributed by atoms with Crippen molar-refractivity contribution in [1.29, 1.82) is 0 Å². The van der Waals surface area contributed by atoms with Gasteiger partial charge in [-0.2, -0.15) is 0 Å². The van der Waals surface area contributed by atoms with Crippen LogP contribution in [0.5, 0.6) is 0 Å². The second-order valence-electron chi connectivity index (χ2n) is 3.69. The molecule has 0 nitrogen and oxygen atoms in total. The molecule has 0 saturated heterocycles. The SMILES string of the molecule is Br.CCC[CH2][Mn]([CH2]CCC)[CH2]CCC.[MgH2]. The van der Waals surface area contributed by atoms with Crippen molar-refractivity contribution in [3.63, 3.8) is 0 Å². The molecule has 0 amide bonds. The summed E-state index contributed by atoms with van der Waals surface area (Å²) in [5.74, 6) is 0. The molecule has 94 valence electrons. The molecule has 0 aliphatic carbocycles. The maximum absolute atomic E-state index is 2.32. The summed E-state index contributed by atoms with van der Waals surface area (Å²) in [7, 11) is 0. The van der Waals surface area contributed by atoms with E-state index in [1.165, 1.54) is 38.5 Å². The number of rotatable bonds is 9. The van der Waals surface area contributed by atoms with Crippen LogP contribution in [0.3, 0.4) is 0 Å². The third-order valence-electron chi connectivity index (χ3n) is 2.26. The van der Waals surface area contributed by atoms with Gasteiger partial charge in [-0.1, -0.05) is 0 Å². The fourth-order valence-electron chi connectivity index (χ4n) is 1.25. The van der Waals surface area contributed by atoms with E-state index >= 15 is 0 Å². The third kappa shape index (κ3) is 15.8. The predicted molar refractivity (Wildman–Crippen MR) is 78.0 cm³/mol. The molecule has 0 aliphatic heterocycles. The second-order valence-corrected chi connectivity index (χ2v) is 7.24. The maximum atomic E-state index is 2.32. The van der Waals surface area contributed by atoms with Gasteiger partial charge in [-0.05, 0) is 0 Å². The van der Waals surface area contributed by atoms with Gasteiger partial charge in [0.15, 0.2) is 0 Å². The summed E-state index contributed by atoms with van der Waals surface area (Å²) in [4.78, 5) is 0. The van der Waals surface area contributed by atoms with Crippen molar-refractivity contribution in [2.75, 3.05) is 0 Å². The molecule has 0 spiro atoms. The molecule has 0 atom stereocenters. The second kappa shape index (κ2) is 18.1. The Bertz CT molecular complexity index is 82.6. The summed E-state index contributed by atoms with van der Waals surface area (Å²) < 4.78 is 0. The molecule has 0 radical (unpaired) electrons. The Morgan fingerprint density at radius 1 is 0.667 bits per heavy atom. The van der Waals surface area contributed by atoms with Gasteiger partial charge in [0.1, 0.15) is 0 Å². The van der Waals surface area contributed by atoms with E-state index in [1.54, 1.807) is 16.0 Å². The Morgan fingerprint density at radius 2 is 0.933 bits per heavy atom. The van der Waals surface area contributed by atoms with Crippen molar-refractivity contribution < 1.29 is 13.9 Å². The minimum absolute atomic E-state index is 0. The Kier molecular flexibility index (Phi) is 26.6. The smallest absolute Gasteiger partial charge is 0.316 e. The Morgan fingerprint density at radius 3 is 1.13 bits per heavy atom. The van der Waals surface area contributed by atoms with Crippen LogP contribution in [0.25, 0.3) is 0 Å². The summed E-state index contributed by atoms with van der Waals surface area (Å²) in [6.45, 7) is 6.96. The molecule has 0 heterocycles. The van der Waals surface area contributed by atoms with Crippen LogP contribution in [0.2, 0.25) is 16.0 Å². The molecule has 0 fully saturated rings. The van der Waals surface area contributed by atoms with E-state index in [-0.39, 0.29) is 53.9 Å². The van der Waals surface area contributed by atoms with E-state index < -0.39 is 0 Å². The number of unbranched alkanes of at least 4 members (excludes halogenated alkanes) is 3. The van der Waals surface area contributed by atoms with Crippen LogP contribution in [-0.4, -0.2) is 23.1 Å². The van der Waals surface area contributed by atoms with Gasteiger partial charge in [-0.15, -0.1) is 17.0 Å². The molecular weight excluding hydrogens is 303 g/mol. The topological polar surface area (TPSA) is 0 Å². The quantitative estimate of drug-likeness (QED) is 0.525. The third-order valence-corrected chi connectivity index (χ3v) is 6.02. The normalized spacial score (nSPS) is 10.2. The molecule has 0 aromatic heterocycles. The van der Waals surface area contributed by atoms with Gasteiger partial charge in [0.05, 0.1) is 0 Å². The summed E-state index contributed by atoms with van der Waals surface area (Å²) in [5, 5.41) is 4.76. The first-order valence-electron chi connectivity index (χ1n) is 5.92. The largest absolute Gasteiger partial charge is 0.316 e. The van der Waals surface area contributed by atoms with Crippen molar-refractivity contribution in [1.82, 2.24) is 0 Å². The fraction of sp³-hybridized carbons (Fsp3) is 1.00. The van der Waals surface area contributed by atoms with Gasteiger partial charge in [0, 0.05) is 0 Å². The molecule has 0 aliphatic rings. The molecule has 0 unspecified atom stereocenters. The van der Waals surface area contributed by atoms with Crippen molar-refractivity contribution in [3.05, 3.63) is 0 Å². The van der Waals surface area contributed by atoms with E-state index in [9.17, 15) is 0 Å². The van der Waals surface area contributed by atoms with Crippen LogP contribution in [0.15, 0.2) is 0 Å². The first-order valence-corrected chi connectivity index (χ1v) is 8.43. The average Bonchev–Trinajstić information content (AvgIpc) is 2.17. The first kappa shape index (κ1) is 22.0. The van der Waals surface area contributed by atoms with Crippen molar-refractivity contribution in [2.45, 2.75) is 75.3 Å². The first-order chi connectivity index (χ1) is 6.35. The van der Waals surface area contributed by atoms with Crippen LogP contribution >= 0.6 is 17.0 Å². The van der Waals surface area contributed by atoms with Crippen molar-refractivity contribution >= 4 is 40.0 Å². The molecule has 0 saturated carbocycles. The van der Waals surface area contributed by atoms with E-state index in [0.717, 1.165) is 0 Å². The summed E-state index contributed by atoms with van der Waals surface area (Å²) in [5.41, 5.74) is 0. The van der Waals surface area contributed by atoms with Gasteiger partial charge >= 0.3 is 112 Å². The van der Waals surface area contributed by atoms with E-state index in [4.69, 9.17) is 0 Å². The van der Waals surface area contributed by atoms with Crippen LogP contribution in [0.4, 0.5) is 0 Å². The molecule has 0 rings (SSSR count). The van der Waals surface area contributed by atoms with Gasteiger partial charge < -0.3 is 0 Å².